The number of benzene rings is 1. The van der Waals surface area contributed by atoms with Gasteiger partial charge in [-0.1, -0.05) is 23.7 Å². The first-order valence-electron chi connectivity index (χ1n) is 6.58. The highest BCUT2D eigenvalue weighted by atomic mass is 35.5. The minimum atomic E-state index is -0.117. The molecule has 0 radical (unpaired) electrons. The predicted octanol–water partition coefficient (Wildman–Crippen LogP) is 3.16. The van der Waals surface area contributed by atoms with Gasteiger partial charge in [0.05, 0.1) is 5.56 Å². The lowest BCUT2D eigenvalue weighted by molar-refractivity contribution is 0.0952. The Morgan fingerprint density at radius 1 is 1.33 bits per heavy atom. The second kappa shape index (κ2) is 5.58. The number of carbonyl (C=O) groups is 1. The zero-order valence-corrected chi connectivity index (χ0v) is 12.3. The molecule has 0 bridgehead atoms. The molecule has 0 unspecified atom stereocenters. The summed E-state index contributed by atoms with van der Waals surface area (Å²) in [5.41, 5.74) is 2.39. The second-order valence-electron chi connectivity index (χ2n) is 4.84. The van der Waals surface area contributed by atoms with Gasteiger partial charge in [0.25, 0.3) is 5.91 Å². The molecule has 106 valence electrons. The first kappa shape index (κ1) is 13.6. The van der Waals surface area contributed by atoms with Crippen LogP contribution in [-0.4, -0.2) is 15.5 Å². The summed E-state index contributed by atoms with van der Waals surface area (Å²) in [7, 11) is 1.88. The van der Waals surface area contributed by atoms with Gasteiger partial charge in [0.15, 0.2) is 0 Å². The van der Waals surface area contributed by atoms with Gasteiger partial charge in [0.1, 0.15) is 5.65 Å². The molecule has 2 heterocycles. The van der Waals surface area contributed by atoms with Crippen LogP contribution in [0.5, 0.6) is 0 Å². The summed E-state index contributed by atoms with van der Waals surface area (Å²) in [4.78, 5) is 16.6. The molecule has 5 heteroatoms. The third-order valence-electron chi connectivity index (χ3n) is 3.32. The smallest absolute Gasteiger partial charge is 0.253 e. The Kier molecular flexibility index (Phi) is 3.62. The molecule has 0 aliphatic rings. The summed E-state index contributed by atoms with van der Waals surface area (Å²) in [6, 6.07) is 11.2. The number of aryl methyl sites for hydroxylation is 1. The van der Waals surface area contributed by atoms with Gasteiger partial charge in [-0.15, -0.1) is 0 Å². The summed E-state index contributed by atoms with van der Waals surface area (Å²) in [6.45, 7) is 0.441. The summed E-state index contributed by atoms with van der Waals surface area (Å²) >= 11 is 5.93. The zero-order chi connectivity index (χ0) is 14.8. The van der Waals surface area contributed by atoms with Crippen molar-refractivity contribution in [3.05, 3.63) is 64.9 Å². The van der Waals surface area contributed by atoms with E-state index in [2.05, 4.69) is 10.3 Å². The molecule has 0 aliphatic heterocycles. The van der Waals surface area contributed by atoms with Crippen LogP contribution in [0.2, 0.25) is 5.02 Å². The first-order chi connectivity index (χ1) is 10.1. The molecule has 3 rings (SSSR count). The fraction of sp³-hybridized carbons (Fsp3) is 0.125. The van der Waals surface area contributed by atoms with Crippen molar-refractivity contribution in [2.45, 2.75) is 6.54 Å². The van der Waals surface area contributed by atoms with Gasteiger partial charge in [0.2, 0.25) is 0 Å². The molecule has 21 heavy (non-hydrogen) atoms. The van der Waals surface area contributed by atoms with Crippen molar-refractivity contribution in [3.63, 3.8) is 0 Å². The fourth-order valence-electron chi connectivity index (χ4n) is 2.32. The molecule has 3 aromatic rings. The minimum Gasteiger partial charge on any atom is -0.348 e. The Hall–Kier alpha value is -2.33. The highest BCUT2D eigenvalue weighted by Crippen LogP contribution is 2.18. The van der Waals surface area contributed by atoms with Crippen molar-refractivity contribution < 1.29 is 4.79 Å². The first-order valence-corrected chi connectivity index (χ1v) is 6.95. The van der Waals surface area contributed by atoms with Crippen LogP contribution in [0.3, 0.4) is 0 Å². The van der Waals surface area contributed by atoms with Crippen LogP contribution in [0, 0.1) is 0 Å². The van der Waals surface area contributed by atoms with Gasteiger partial charge in [-0.25, -0.2) is 4.98 Å². The minimum absolute atomic E-state index is 0.117. The molecule has 1 N–H and O–H groups in total. The summed E-state index contributed by atoms with van der Waals surface area (Å²) in [5, 5.41) is 4.42. The number of pyridine rings is 1. The normalized spacial score (nSPS) is 10.8. The number of hydrogen-bond acceptors (Lipinski definition) is 2. The molecule has 2 aromatic heterocycles. The Balaban J connectivity index is 1.81. The molecule has 0 spiro atoms. The third kappa shape index (κ3) is 2.76. The van der Waals surface area contributed by atoms with Gasteiger partial charge in [-0.05, 0) is 29.8 Å². The molecule has 1 aromatic carbocycles. The van der Waals surface area contributed by atoms with E-state index in [1.165, 1.54) is 0 Å². The van der Waals surface area contributed by atoms with Crippen LogP contribution >= 0.6 is 11.6 Å². The van der Waals surface area contributed by atoms with E-state index in [0.717, 1.165) is 16.6 Å². The van der Waals surface area contributed by atoms with E-state index in [4.69, 9.17) is 11.6 Å². The quantitative estimate of drug-likeness (QED) is 0.807. The van der Waals surface area contributed by atoms with Crippen LogP contribution in [0.25, 0.3) is 11.0 Å². The Labute approximate surface area is 127 Å². The van der Waals surface area contributed by atoms with Gasteiger partial charge in [0, 0.05) is 36.4 Å². The number of aromatic nitrogens is 2. The number of carbonyl (C=O) groups excluding carboxylic acids is 1. The van der Waals surface area contributed by atoms with Crippen LogP contribution in [0.1, 0.15) is 15.9 Å². The molecule has 4 nitrogen and oxygen atoms in total. The number of hydrogen-bond donors (Lipinski definition) is 1. The third-order valence-corrected chi connectivity index (χ3v) is 3.56. The summed E-state index contributed by atoms with van der Waals surface area (Å²) in [5.74, 6) is -0.117. The Bertz CT molecular complexity index is 810. The Morgan fingerprint density at radius 3 is 3.00 bits per heavy atom. The van der Waals surface area contributed by atoms with Crippen molar-refractivity contribution in [3.8, 4) is 0 Å². The maximum atomic E-state index is 12.3. The fourth-order valence-corrected chi connectivity index (χ4v) is 2.53. The van der Waals surface area contributed by atoms with E-state index in [9.17, 15) is 4.79 Å². The van der Waals surface area contributed by atoms with Gasteiger partial charge < -0.3 is 9.88 Å². The van der Waals surface area contributed by atoms with Crippen molar-refractivity contribution >= 4 is 28.5 Å². The maximum Gasteiger partial charge on any atom is 0.253 e. The Morgan fingerprint density at radius 2 is 2.19 bits per heavy atom. The summed E-state index contributed by atoms with van der Waals surface area (Å²) in [6.07, 6.45) is 3.51. The van der Waals surface area contributed by atoms with Gasteiger partial charge in [-0.3, -0.25) is 4.79 Å². The van der Waals surface area contributed by atoms with Gasteiger partial charge >= 0.3 is 0 Å². The second-order valence-corrected chi connectivity index (χ2v) is 5.28. The highest BCUT2D eigenvalue weighted by Gasteiger charge is 2.13. The molecular weight excluding hydrogens is 286 g/mol. The molecule has 1 amide bonds. The number of halogens is 1. The molecule has 0 saturated heterocycles. The van der Waals surface area contributed by atoms with E-state index in [0.29, 0.717) is 17.1 Å². The van der Waals surface area contributed by atoms with Crippen LogP contribution in [0.15, 0.2) is 48.8 Å². The van der Waals surface area contributed by atoms with Crippen LogP contribution in [0.4, 0.5) is 0 Å². The molecule has 0 saturated carbocycles. The predicted molar refractivity (Wildman–Crippen MR) is 83.3 cm³/mol. The van der Waals surface area contributed by atoms with E-state index in [-0.39, 0.29) is 5.91 Å². The SMILES string of the molecule is Cn1cc(C(=O)NCc2cccc(Cl)c2)c2cccnc21. The summed E-state index contributed by atoms with van der Waals surface area (Å²) < 4.78 is 1.85. The highest BCUT2D eigenvalue weighted by molar-refractivity contribution is 6.30. The maximum absolute atomic E-state index is 12.3. The average molecular weight is 300 g/mol. The van der Waals surface area contributed by atoms with E-state index in [1.54, 1.807) is 12.4 Å². The average Bonchev–Trinajstić information content (AvgIpc) is 2.83. The van der Waals surface area contributed by atoms with E-state index >= 15 is 0 Å². The lowest BCUT2D eigenvalue weighted by atomic mass is 10.2. The number of nitrogens with one attached hydrogen (secondary N) is 1. The van der Waals surface area contributed by atoms with Crippen molar-refractivity contribution in [1.29, 1.82) is 0 Å². The number of nitrogens with zero attached hydrogens (tertiary/aromatic N) is 2. The standard InChI is InChI=1S/C16H14ClN3O/c1-20-10-14(13-6-3-7-18-15(13)20)16(21)19-9-11-4-2-5-12(17)8-11/h2-8,10H,9H2,1H3,(H,19,21). The lowest BCUT2D eigenvalue weighted by Crippen LogP contribution is -2.22. The largest absolute Gasteiger partial charge is 0.348 e. The lowest BCUT2D eigenvalue weighted by Gasteiger charge is -2.05. The molecule has 0 aliphatic carbocycles. The number of amides is 1. The van der Waals surface area contributed by atoms with Crippen LogP contribution < -0.4 is 5.32 Å². The monoisotopic (exact) mass is 299 g/mol. The van der Waals surface area contributed by atoms with Crippen molar-refractivity contribution in [2.24, 2.45) is 7.05 Å². The van der Waals surface area contributed by atoms with Crippen molar-refractivity contribution in [2.75, 3.05) is 0 Å². The molecule has 0 fully saturated rings. The van der Waals surface area contributed by atoms with Gasteiger partial charge in [-0.2, -0.15) is 0 Å². The van der Waals surface area contributed by atoms with Crippen LogP contribution in [-0.2, 0) is 13.6 Å². The molecular formula is C16H14ClN3O. The topological polar surface area (TPSA) is 46.9 Å². The molecule has 0 atom stereocenters. The van der Waals surface area contributed by atoms with Crippen molar-refractivity contribution in [1.82, 2.24) is 14.9 Å². The number of rotatable bonds is 3. The van der Waals surface area contributed by atoms with E-state index in [1.807, 2.05) is 48.0 Å². The number of fused-ring (bicyclic) bond motifs is 1. The van der Waals surface area contributed by atoms with E-state index < -0.39 is 0 Å². The zero-order valence-electron chi connectivity index (χ0n) is 11.5.